The van der Waals surface area contributed by atoms with Gasteiger partial charge in [-0.2, -0.15) is 14.9 Å². The predicted molar refractivity (Wildman–Crippen MR) is 71.2 cm³/mol. The molecule has 0 aliphatic carbocycles. The molecule has 1 N–H and O–H groups in total. The molecule has 0 aliphatic heterocycles. The van der Waals surface area contributed by atoms with E-state index in [0.717, 1.165) is 23.4 Å². The minimum absolute atomic E-state index is 0.641. The van der Waals surface area contributed by atoms with Crippen LogP contribution in [0.4, 0.5) is 5.82 Å². The highest BCUT2D eigenvalue weighted by Gasteiger charge is 2.11. The van der Waals surface area contributed by atoms with Crippen molar-refractivity contribution in [2.24, 2.45) is 0 Å². The van der Waals surface area contributed by atoms with Gasteiger partial charge in [0.15, 0.2) is 11.5 Å². The van der Waals surface area contributed by atoms with E-state index in [0.29, 0.717) is 11.5 Å². The molecule has 0 bridgehead atoms. The monoisotopic (exact) mass is 255 g/mol. The van der Waals surface area contributed by atoms with Crippen molar-refractivity contribution >= 4 is 16.9 Å². The van der Waals surface area contributed by atoms with Crippen LogP contribution in [0.3, 0.4) is 0 Å². The fourth-order valence-corrected chi connectivity index (χ4v) is 1.82. The van der Waals surface area contributed by atoms with Gasteiger partial charge < -0.3 is 5.32 Å². The Hall–Kier alpha value is -2.57. The zero-order valence-electron chi connectivity index (χ0n) is 10.7. The lowest BCUT2D eigenvalue weighted by Gasteiger charge is -2.03. The first-order chi connectivity index (χ1) is 9.29. The third kappa shape index (κ3) is 1.99. The molecule has 3 aromatic heterocycles. The normalized spacial score (nSPS) is 10.8. The highest BCUT2D eigenvalue weighted by molar-refractivity contribution is 5.86. The smallest absolute Gasteiger partial charge is 0.178 e. The van der Waals surface area contributed by atoms with E-state index in [1.54, 1.807) is 10.9 Å². The van der Waals surface area contributed by atoms with Gasteiger partial charge >= 0.3 is 0 Å². The number of nitrogens with zero attached hydrogens (tertiary/aromatic N) is 6. The highest BCUT2D eigenvalue weighted by Crippen LogP contribution is 2.20. The second-order valence-electron chi connectivity index (χ2n) is 4.08. The molecule has 0 radical (unpaired) electrons. The van der Waals surface area contributed by atoms with Crippen molar-refractivity contribution in [3.05, 3.63) is 30.4 Å². The fourth-order valence-electron chi connectivity index (χ4n) is 1.82. The first kappa shape index (κ1) is 11.5. The van der Waals surface area contributed by atoms with E-state index in [2.05, 4.69) is 30.6 Å². The average Bonchev–Trinajstić information content (AvgIpc) is 2.85. The van der Waals surface area contributed by atoms with Crippen molar-refractivity contribution in [3.8, 4) is 5.82 Å². The van der Waals surface area contributed by atoms with Crippen LogP contribution in [0.25, 0.3) is 16.9 Å². The van der Waals surface area contributed by atoms with E-state index >= 15 is 0 Å². The van der Waals surface area contributed by atoms with Crippen LogP contribution in [0, 0.1) is 6.92 Å². The van der Waals surface area contributed by atoms with Crippen molar-refractivity contribution in [2.45, 2.75) is 13.8 Å². The van der Waals surface area contributed by atoms with Crippen LogP contribution in [-0.4, -0.2) is 36.5 Å². The zero-order chi connectivity index (χ0) is 13.2. The minimum atomic E-state index is 0.641. The maximum Gasteiger partial charge on any atom is 0.178 e. The molecular weight excluding hydrogens is 242 g/mol. The lowest BCUT2D eigenvalue weighted by atomic mass is 10.4. The van der Waals surface area contributed by atoms with Crippen LogP contribution in [0.2, 0.25) is 0 Å². The van der Waals surface area contributed by atoms with Crippen LogP contribution in [-0.2, 0) is 0 Å². The van der Waals surface area contributed by atoms with Gasteiger partial charge in [0.05, 0.1) is 17.3 Å². The predicted octanol–water partition coefficient (Wildman–Crippen LogP) is 1.35. The van der Waals surface area contributed by atoms with Crippen molar-refractivity contribution in [3.63, 3.8) is 0 Å². The van der Waals surface area contributed by atoms with Crippen LogP contribution in [0.5, 0.6) is 0 Å². The molecule has 0 amide bonds. The van der Waals surface area contributed by atoms with Gasteiger partial charge in [-0.3, -0.25) is 0 Å². The summed E-state index contributed by atoms with van der Waals surface area (Å²) >= 11 is 0. The summed E-state index contributed by atoms with van der Waals surface area (Å²) in [4.78, 5) is 8.47. The van der Waals surface area contributed by atoms with E-state index in [1.807, 2.05) is 26.0 Å². The number of aromatic nitrogens is 6. The van der Waals surface area contributed by atoms with E-state index < -0.39 is 0 Å². The van der Waals surface area contributed by atoms with Crippen molar-refractivity contribution in [1.29, 1.82) is 0 Å². The number of hydrogen-bond donors (Lipinski definition) is 1. The van der Waals surface area contributed by atoms with Crippen molar-refractivity contribution in [1.82, 2.24) is 29.9 Å². The molecule has 0 saturated carbocycles. The summed E-state index contributed by atoms with van der Waals surface area (Å²) in [5.74, 6) is 1.42. The summed E-state index contributed by atoms with van der Waals surface area (Å²) in [6.07, 6.45) is 3.25. The molecule has 96 valence electrons. The van der Waals surface area contributed by atoms with Gasteiger partial charge in [0, 0.05) is 6.54 Å². The summed E-state index contributed by atoms with van der Waals surface area (Å²) in [6, 6.07) is 3.76. The zero-order valence-corrected chi connectivity index (χ0v) is 10.7. The second kappa shape index (κ2) is 4.60. The quantitative estimate of drug-likeness (QED) is 0.760. The van der Waals surface area contributed by atoms with Crippen molar-refractivity contribution < 1.29 is 0 Å². The molecule has 19 heavy (non-hydrogen) atoms. The number of nitrogens with one attached hydrogen (secondary N) is 1. The van der Waals surface area contributed by atoms with Gasteiger partial charge in [-0.05, 0) is 26.0 Å². The number of rotatable bonds is 3. The molecule has 3 rings (SSSR count). The van der Waals surface area contributed by atoms with Gasteiger partial charge in [-0.1, -0.05) is 0 Å². The Morgan fingerprint density at radius 1 is 1.21 bits per heavy atom. The largest absolute Gasteiger partial charge is 0.370 e. The van der Waals surface area contributed by atoms with Gasteiger partial charge in [0.25, 0.3) is 0 Å². The molecule has 3 heterocycles. The minimum Gasteiger partial charge on any atom is -0.370 e. The molecule has 0 atom stereocenters. The van der Waals surface area contributed by atoms with E-state index in [1.165, 1.54) is 6.33 Å². The Kier molecular flexibility index (Phi) is 2.79. The van der Waals surface area contributed by atoms with Crippen LogP contribution < -0.4 is 5.32 Å². The number of aryl methyl sites for hydroxylation is 1. The summed E-state index contributed by atoms with van der Waals surface area (Å²) in [5.41, 5.74) is 1.58. The first-order valence-corrected chi connectivity index (χ1v) is 6.03. The van der Waals surface area contributed by atoms with E-state index in [9.17, 15) is 0 Å². The molecular formula is C12H13N7. The topological polar surface area (TPSA) is 81.4 Å². The molecule has 0 unspecified atom stereocenters. The van der Waals surface area contributed by atoms with Crippen LogP contribution >= 0.6 is 0 Å². The lowest BCUT2D eigenvalue weighted by molar-refractivity contribution is 0.818. The molecule has 7 nitrogen and oxygen atoms in total. The lowest BCUT2D eigenvalue weighted by Crippen LogP contribution is -2.04. The average molecular weight is 255 g/mol. The second-order valence-corrected chi connectivity index (χ2v) is 4.08. The summed E-state index contributed by atoms with van der Waals surface area (Å²) in [6.45, 7) is 4.70. The molecule has 0 aromatic carbocycles. The number of anilines is 1. The van der Waals surface area contributed by atoms with E-state index in [4.69, 9.17) is 0 Å². The SMILES string of the molecule is CCNc1ncnc2c1cnn2-c1ccc(C)nn1. The Morgan fingerprint density at radius 2 is 2.11 bits per heavy atom. The molecule has 0 spiro atoms. The van der Waals surface area contributed by atoms with Gasteiger partial charge in [0.1, 0.15) is 12.1 Å². The molecule has 0 aliphatic rings. The highest BCUT2D eigenvalue weighted by atomic mass is 15.4. The Labute approximate surface area is 109 Å². The number of hydrogen-bond acceptors (Lipinski definition) is 6. The number of fused-ring (bicyclic) bond motifs is 1. The summed E-state index contributed by atoms with van der Waals surface area (Å²) < 4.78 is 1.66. The summed E-state index contributed by atoms with van der Waals surface area (Å²) in [5, 5.41) is 16.5. The van der Waals surface area contributed by atoms with E-state index in [-0.39, 0.29) is 0 Å². The third-order valence-electron chi connectivity index (χ3n) is 2.71. The van der Waals surface area contributed by atoms with Gasteiger partial charge in [-0.25, -0.2) is 9.97 Å². The Morgan fingerprint density at radius 3 is 2.84 bits per heavy atom. The van der Waals surface area contributed by atoms with Crippen LogP contribution in [0.15, 0.2) is 24.7 Å². The van der Waals surface area contributed by atoms with Gasteiger partial charge in [-0.15, -0.1) is 5.10 Å². The van der Waals surface area contributed by atoms with Crippen molar-refractivity contribution in [2.75, 3.05) is 11.9 Å². The maximum atomic E-state index is 4.31. The molecule has 7 heteroatoms. The third-order valence-corrected chi connectivity index (χ3v) is 2.71. The molecule has 0 fully saturated rings. The summed E-state index contributed by atoms with van der Waals surface area (Å²) in [7, 11) is 0. The van der Waals surface area contributed by atoms with Crippen LogP contribution in [0.1, 0.15) is 12.6 Å². The molecule has 3 aromatic rings. The Bertz CT molecular complexity index is 702. The molecule has 0 saturated heterocycles. The maximum absolute atomic E-state index is 4.31. The Balaban J connectivity index is 2.15. The fraction of sp³-hybridized carbons (Fsp3) is 0.250. The first-order valence-electron chi connectivity index (χ1n) is 6.03. The standard InChI is InChI=1S/C12H13N7/c1-3-13-11-9-6-16-19(12(9)15-7-14-11)10-5-4-8(2)17-18-10/h4-7H,3H2,1-2H3,(H,13,14,15). The van der Waals surface area contributed by atoms with Gasteiger partial charge in [0.2, 0.25) is 0 Å².